The molecule has 12 heteroatoms. The van der Waals surface area contributed by atoms with Crippen LogP contribution in [0.25, 0.3) is 5.82 Å². The number of rotatable bonds is 4. The minimum atomic E-state index is -0.625. The summed E-state index contributed by atoms with van der Waals surface area (Å²) in [5, 5.41) is 12.5. The lowest BCUT2D eigenvalue weighted by Crippen LogP contribution is -2.53. The summed E-state index contributed by atoms with van der Waals surface area (Å²) in [5.74, 6) is 0.0117. The van der Waals surface area contributed by atoms with Gasteiger partial charge in [-0.05, 0) is 24.6 Å². The molecule has 0 aliphatic carbocycles. The van der Waals surface area contributed by atoms with Crippen molar-refractivity contribution in [1.82, 2.24) is 40.7 Å². The predicted octanol–water partition coefficient (Wildman–Crippen LogP) is 0.592. The fraction of sp³-hybridized carbons (Fsp3) is 0.350. The fourth-order valence-corrected chi connectivity index (χ4v) is 4.02. The number of nitrogens with zero attached hydrogens (tertiary/aromatic N) is 7. The Morgan fingerprint density at radius 1 is 1.00 bits per heavy atom. The molecule has 0 bridgehead atoms. The van der Waals surface area contributed by atoms with Crippen LogP contribution >= 0.6 is 0 Å². The summed E-state index contributed by atoms with van der Waals surface area (Å²) >= 11 is 0. The largest absolute Gasteiger partial charge is 0.352 e. The van der Waals surface area contributed by atoms with Crippen molar-refractivity contribution >= 4 is 11.7 Å². The first kappa shape index (κ1) is 20.4. The number of carbonyl (C=O) groups is 1. The van der Waals surface area contributed by atoms with Crippen LogP contribution in [0.3, 0.4) is 0 Å². The summed E-state index contributed by atoms with van der Waals surface area (Å²) in [6, 6.07) is 6.29. The van der Waals surface area contributed by atoms with Gasteiger partial charge in [-0.25, -0.2) is 29.3 Å². The highest BCUT2D eigenvalue weighted by atomic mass is 19.1. The molecule has 2 saturated heterocycles. The number of amides is 1. The smallest absolute Gasteiger partial charge is 0.241 e. The molecular weight excluding hydrogens is 420 g/mol. The average molecular weight is 441 g/mol. The molecule has 10 nitrogen and oxygen atoms in total. The van der Waals surface area contributed by atoms with Gasteiger partial charge in [0.25, 0.3) is 0 Å². The second-order valence-corrected chi connectivity index (χ2v) is 7.70. The minimum absolute atomic E-state index is 0.0465. The molecule has 0 spiro atoms. The van der Waals surface area contributed by atoms with Gasteiger partial charge in [0.05, 0.1) is 6.04 Å². The van der Waals surface area contributed by atoms with Crippen LogP contribution < -0.4 is 15.8 Å². The molecule has 1 amide bonds. The van der Waals surface area contributed by atoms with Gasteiger partial charge in [-0.15, -0.1) is 10.2 Å². The third kappa shape index (κ3) is 4.01. The number of hydrazine groups is 1. The van der Waals surface area contributed by atoms with Crippen LogP contribution in [0.5, 0.6) is 0 Å². The summed E-state index contributed by atoms with van der Waals surface area (Å²) in [5.41, 5.74) is 6.25. The summed E-state index contributed by atoms with van der Waals surface area (Å²) in [4.78, 5) is 20.7. The van der Waals surface area contributed by atoms with E-state index in [9.17, 15) is 13.6 Å². The third-order valence-electron chi connectivity index (χ3n) is 5.74. The van der Waals surface area contributed by atoms with Crippen LogP contribution in [-0.2, 0) is 4.79 Å². The summed E-state index contributed by atoms with van der Waals surface area (Å²) in [6.07, 6.45) is 3.37. The lowest BCUT2D eigenvalue weighted by atomic mass is 10.0. The molecule has 2 unspecified atom stereocenters. The quantitative estimate of drug-likeness (QED) is 0.607. The third-order valence-corrected chi connectivity index (χ3v) is 5.74. The first-order chi connectivity index (χ1) is 15.6. The molecule has 4 heterocycles. The van der Waals surface area contributed by atoms with E-state index in [-0.39, 0.29) is 5.91 Å². The second kappa shape index (κ2) is 8.55. The van der Waals surface area contributed by atoms with E-state index in [1.165, 1.54) is 23.1 Å². The van der Waals surface area contributed by atoms with E-state index < -0.39 is 23.7 Å². The van der Waals surface area contributed by atoms with Crippen LogP contribution in [0.1, 0.15) is 18.0 Å². The number of hydrogen-bond acceptors (Lipinski definition) is 8. The van der Waals surface area contributed by atoms with Crippen molar-refractivity contribution in [2.45, 2.75) is 18.5 Å². The number of hydrogen-bond donors (Lipinski definition) is 2. The molecule has 166 valence electrons. The molecule has 2 aliphatic rings. The Hall–Kier alpha value is -3.51. The van der Waals surface area contributed by atoms with Crippen molar-refractivity contribution < 1.29 is 13.6 Å². The number of piperazine rings is 1. The van der Waals surface area contributed by atoms with Gasteiger partial charge >= 0.3 is 0 Å². The van der Waals surface area contributed by atoms with E-state index >= 15 is 0 Å². The summed E-state index contributed by atoms with van der Waals surface area (Å²) in [7, 11) is 0. The number of carbonyl (C=O) groups excluding carboxylic acids is 1. The maximum absolute atomic E-state index is 14.1. The molecule has 0 saturated carbocycles. The highest BCUT2D eigenvalue weighted by Crippen LogP contribution is 2.26. The second-order valence-electron chi connectivity index (χ2n) is 7.70. The molecule has 2 aromatic heterocycles. The van der Waals surface area contributed by atoms with Gasteiger partial charge in [-0.2, -0.15) is 5.10 Å². The zero-order valence-corrected chi connectivity index (χ0v) is 17.0. The molecule has 3 aromatic rings. The molecule has 1 aromatic carbocycles. The van der Waals surface area contributed by atoms with Crippen LogP contribution in [0.2, 0.25) is 0 Å². The van der Waals surface area contributed by atoms with E-state index in [1.54, 1.807) is 11.2 Å². The van der Waals surface area contributed by atoms with Gasteiger partial charge in [-0.1, -0.05) is 6.07 Å². The van der Waals surface area contributed by atoms with Crippen molar-refractivity contribution in [3.05, 3.63) is 60.2 Å². The van der Waals surface area contributed by atoms with Crippen molar-refractivity contribution in [1.29, 1.82) is 0 Å². The fourth-order valence-electron chi connectivity index (χ4n) is 4.02. The molecule has 5 rings (SSSR count). The Balaban J connectivity index is 1.16. The molecule has 32 heavy (non-hydrogen) atoms. The first-order valence-electron chi connectivity index (χ1n) is 10.3. The number of aromatic nitrogens is 5. The normalized spacial score (nSPS) is 21.2. The maximum atomic E-state index is 14.1. The van der Waals surface area contributed by atoms with Gasteiger partial charge < -0.3 is 9.80 Å². The number of halogens is 2. The van der Waals surface area contributed by atoms with Gasteiger partial charge in [0.15, 0.2) is 11.6 Å². The molecular formula is C20H21F2N9O. The van der Waals surface area contributed by atoms with E-state index in [2.05, 4.69) is 36.0 Å². The van der Waals surface area contributed by atoms with Crippen molar-refractivity contribution in [3.8, 4) is 5.82 Å². The number of nitrogens with one attached hydrogen (secondary N) is 2. The zero-order chi connectivity index (χ0) is 22.1. The number of anilines is 1. The van der Waals surface area contributed by atoms with Gasteiger partial charge in [0, 0.05) is 37.8 Å². The molecule has 2 fully saturated rings. The average Bonchev–Trinajstić information content (AvgIpc) is 3.52. The summed E-state index contributed by atoms with van der Waals surface area (Å²) < 4.78 is 28.8. The van der Waals surface area contributed by atoms with E-state index in [0.29, 0.717) is 44.0 Å². The monoisotopic (exact) mass is 441 g/mol. The van der Waals surface area contributed by atoms with Gasteiger partial charge in [0.2, 0.25) is 5.91 Å². The minimum Gasteiger partial charge on any atom is -0.352 e. The topological polar surface area (TPSA) is 104 Å². The van der Waals surface area contributed by atoms with Crippen molar-refractivity contribution in [2.24, 2.45) is 0 Å². The molecule has 2 atom stereocenters. The molecule has 2 N–H and O–H groups in total. The Kier molecular flexibility index (Phi) is 5.45. The predicted molar refractivity (Wildman–Crippen MR) is 110 cm³/mol. The Morgan fingerprint density at radius 3 is 2.47 bits per heavy atom. The Labute approximate surface area is 182 Å². The van der Waals surface area contributed by atoms with E-state index in [0.717, 1.165) is 11.9 Å². The van der Waals surface area contributed by atoms with Crippen LogP contribution in [0, 0.1) is 11.6 Å². The SMILES string of the molecule is O=C(C1CC(c2ccc(F)cc2F)NN1)N1CCN(c2ccc(-n3cncn3)nn2)CC1. The van der Waals surface area contributed by atoms with Crippen LogP contribution in [-0.4, -0.2) is 68.0 Å². The van der Waals surface area contributed by atoms with Crippen molar-refractivity contribution in [2.75, 3.05) is 31.1 Å². The van der Waals surface area contributed by atoms with Gasteiger partial charge in [-0.3, -0.25) is 4.79 Å². The lowest BCUT2D eigenvalue weighted by molar-refractivity contribution is -0.133. The Morgan fingerprint density at radius 2 is 1.78 bits per heavy atom. The van der Waals surface area contributed by atoms with E-state index in [4.69, 9.17) is 0 Å². The lowest BCUT2D eigenvalue weighted by Gasteiger charge is -2.36. The van der Waals surface area contributed by atoms with E-state index in [1.807, 2.05) is 12.1 Å². The van der Waals surface area contributed by atoms with Crippen molar-refractivity contribution in [3.63, 3.8) is 0 Å². The highest BCUT2D eigenvalue weighted by Gasteiger charge is 2.35. The highest BCUT2D eigenvalue weighted by molar-refractivity contribution is 5.82. The summed E-state index contributed by atoms with van der Waals surface area (Å²) in [6.45, 7) is 2.33. The van der Waals surface area contributed by atoms with Crippen LogP contribution in [0.15, 0.2) is 43.0 Å². The number of benzene rings is 1. The van der Waals surface area contributed by atoms with Gasteiger partial charge in [0.1, 0.15) is 30.3 Å². The standard InChI is InChI=1S/C20H21F2N9O/c21-13-1-2-14(15(22)9-13)16-10-17(26-25-16)20(32)30-7-5-29(6-8-30)18-3-4-19(28-27-18)31-12-23-11-24-31/h1-4,9,11-12,16-17,25-26H,5-8,10H2. The molecule has 0 radical (unpaired) electrons. The molecule has 2 aliphatic heterocycles. The Bertz CT molecular complexity index is 1080. The first-order valence-corrected chi connectivity index (χ1v) is 10.3. The zero-order valence-electron chi connectivity index (χ0n) is 17.0. The maximum Gasteiger partial charge on any atom is 0.241 e. The van der Waals surface area contributed by atoms with Crippen LogP contribution in [0.4, 0.5) is 14.6 Å².